The Morgan fingerprint density at radius 2 is 1.77 bits per heavy atom. The van der Waals surface area contributed by atoms with Crippen LogP contribution in [0.4, 0.5) is 0 Å². The Kier molecular flexibility index (Phi) is 5.94. The first-order chi connectivity index (χ1) is 15.0. The maximum atomic E-state index is 12.9. The van der Waals surface area contributed by atoms with Gasteiger partial charge < -0.3 is 29.6 Å². The molecule has 0 aliphatic heterocycles. The maximum Gasteiger partial charge on any atom is 0.255 e. The van der Waals surface area contributed by atoms with Crippen LogP contribution in [-0.4, -0.2) is 59.4 Å². The summed E-state index contributed by atoms with van der Waals surface area (Å²) >= 11 is 0. The summed E-state index contributed by atoms with van der Waals surface area (Å²) in [5.41, 5.74) is 2.74. The summed E-state index contributed by atoms with van der Waals surface area (Å²) < 4.78 is 16.2. The maximum absolute atomic E-state index is 12.9. The van der Waals surface area contributed by atoms with Gasteiger partial charge in [0.1, 0.15) is 5.52 Å². The van der Waals surface area contributed by atoms with Gasteiger partial charge >= 0.3 is 0 Å². The van der Waals surface area contributed by atoms with Gasteiger partial charge in [0.2, 0.25) is 5.75 Å². The standard InChI is InChI=1S/C22H26N4O5/c1-29-17-8-12(9-18(30-2)20(17)31-3)16-11-24-21-19(26-16)15(10-23-21)22(28)25-13-4-6-14(27)7-5-13/h8-11,13-14,27H,4-7H2,1-3H3,(H,23,24)(H,25,28)/t13-,14-. The molecule has 2 heterocycles. The molecule has 1 saturated carbocycles. The highest BCUT2D eigenvalue weighted by Crippen LogP contribution is 2.40. The number of H-pyrrole nitrogens is 1. The van der Waals surface area contributed by atoms with Crippen LogP contribution in [0, 0.1) is 0 Å². The average molecular weight is 426 g/mol. The first kappa shape index (κ1) is 20.9. The van der Waals surface area contributed by atoms with Crippen LogP contribution in [0.1, 0.15) is 36.0 Å². The fraction of sp³-hybridized carbons (Fsp3) is 0.409. The normalized spacial score (nSPS) is 18.6. The molecule has 9 heteroatoms. The predicted molar refractivity (Wildman–Crippen MR) is 115 cm³/mol. The van der Waals surface area contributed by atoms with E-state index in [1.165, 1.54) is 0 Å². The number of aromatic amines is 1. The van der Waals surface area contributed by atoms with Crippen LogP contribution < -0.4 is 19.5 Å². The number of hydrogen-bond donors (Lipinski definition) is 3. The minimum Gasteiger partial charge on any atom is -0.493 e. The van der Waals surface area contributed by atoms with E-state index >= 15 is 0 Å². The molecule has 1 amide bonds. The quantitative estimate of drug-likeness (QED) is 0.554. The lowest BCUT2D eigenvalue weighted by Gasteiger charge is -2.26. The number of nitrogens with one attached hydrogen (secondary N) is 2. The van der Waals surface area contributed by atoms with Gasteiger partial charge in [0.05, 0.1) is 44.9 Å². The van der Waals surface area contributed by atoms with Crippen molar-refractivity contribution in [1.29, 1.82) is 0 Å². The molecule has 1 aliphatic rings. The number of methoxy groups -OCH3 is 3. The van der Waals surface area contributed by atoms with E-state index in [1.807, 2.05) is 0 Å². The molecule has 0 saturated heterocycles. The second kappa shape index (κ2) is 8.81. The summed E-state index contributed by atoms with van der Waals surface area (Å²) in [4.78, 5) is 25.0. The minimum absolute atomic E-state index is 0.0482. The molecular weight excluding hydrogens is 400 g/mol. The van der Waals surface area contributed by atoms with Crippen LogP contribution in [0.2, 0.25) is 0 Å². The van der Waals surface area contributed by atoms with Gasteiger partial charge in [-0.25, -0.2) is 9.97 Å². The average Bonchev–Trinajstić information content (AvgIpc) is 3.23. The number of hydrogen-bond acceptors (Lipinski definition) is 7. The van der Waals surface area contributed by atoms with Gasteiger partial charge in [0, 0.05) is 17.8 Å². The van der Waals surface area contributed by atoms with E-state index in [2.05, 4.69) is 15.3 Å². The molecule has 0 spiro atoms. The molecule has 1 aromatic carbocycles. The molecule has 1 fully saturated rings. The van der Waals surface area contributed by atoms with E-state index in [0.29, 0.717) is 52.5 Å². The van der Waals surface area contributed by atoms with Crippen molar-refractivity contribution < 1.29 is 24.1 Å². The van der Waals surface area contributed by atoms with Gasteiger partial charge in [-0.05, 0) is 37.8 Å². The molecule has 1 aliphatic carbocycles. The van der Waals surface area contributed by atoms with E-state index in [9.17, 15) is 9.90 Å². The first-order valence-electron chi connectivity index (χ1n) is 10.2. The van der Waals surface area contributed by atoms with Gasteiger partial charge in [0.25, 0.3) is 5.91 Å². The monoisotopic (exact) mass is 426 g/mol. The number of carbonyl (C=O) groups excluding carboxylic acids is 1. The Labute approximate surface area is 179 Å². The van der Waals surface area contributed by atoms with Crippen LogP contribution in [0.25, 0.3) is 22.4 Å². The van der Waals surface area contributed by atoms with Crippen molar-refractivity contribution in [1.82, 2.24) is 20.3 Å². The highest BCUT2D eigenvalue weighted by atomic mass is 16.5. The van der Waals surface area contributed by atoms with Crippen LogP contribution in [-0.2, 0) is 0 Å². The fourth-order valence-electron chi connectivity index (χ4n) is 3.92. The van der Waals surface area contributed by atoms with Crippen molar-refractivity contribution >= 4 is 17.1 Å². The number of benzene rings is 1. The van der Waals surface area contributed by atoms with E-state index < -0.39 is 0 Å². The SMILES string of the molecule is COc1cc(-c2cnc3[nH]cc(C(=O)N[C@H]4CC[C@H](O)CC4)c3n2)cc(OC)c1OC. The van der Waals surface area contributed by atoms with Crippen molar-refractivity contribution in [2.45, 2.75) is 37.8 Å². The molecule has 0 atom stereocenters. The zero-order chi connectivity index (χ0) is 22.0. The fourth-order valence-corrected chi connectivity index (χ4v) is 3.92. The number of nitrogens with zero attached hydrogens (tertiary/aromatic N) is 2. The zero-order valence-corrected chi connectivity index (χ0v) is 17.8. The van der Waals surface area contributed by atoms with E-state index in [-0.39, 0.29) is 18.1 Å². The number of ether oxygens (including phenoxy) is 3. The highest BCUT2D eigenvalue weighted by Gasteiger charge is 2.23. The van der Waals surface area contributed by atoms with E-state index in [0.717, 1.165) is 18.4 Å². The molecule has 164 valence electrons. The van der Waals surface area contributed by atoms with Gasteiger partial charge in [-0.15, -0.1) is 0 Å². The van der Waals surface area contributed by atoms with E-state index in [1.54, 1.807) is 45.9 Å². The second-order valence-corrected chi connectivity index (χ2v) is 7.55. The number of aliphatic hydroxyl groups is 1. The summed E-state index contributed by atoms with van der Waals surface area (Å²) in [6, 6.07) is 3.63. The molecule has 3 aromatic rings. The number of aliphatic hydroxyl groups excluding tert-OH is 1. The van der Waals surface area contributed by atoms with Crippen LogP contribution >= 0.6 is 0 Å². The second-order valence-electron chi connectivity index (χ2n) is 7.55. The lowest BCUT2D eigenvalue weighted by Crippen LogP contribution is -2.38. The molecule has 9 nitrogen and oxygen atoms in total. The molecule has 0 radical (unpaired) electrons. The van der Waals surface area contributed by atoms with Gasteiger partial charge in [-0.2, -0.15) is 0 Å². The number of fused-ring (bicyclic) bond motifs is 1. The molecule has 0 bridgehead atoms. The highest BCUT2D eigenvalue weighted by molar-refractivity contribution is 6.04. The Hall–Kier alpha value is -3.33. The largest absolute Gasteiger partial charge is 0.493 e. The van der Waals surface area contributed by atoms with Crippen molar-refractivity contribution in [3.05, 3.63) is 30.1 Å². The molecule has 31 heavy (non-hydrogen) atoms. The number of carbonyl (C=O) groups is 1. The van der Waals surface area contributed by atoms with Crippen molar-refractivity contribution in [3.63, 3.8) is 0 Å². The Balaban J connectivity index is 1.66. The molecule has 0 unspecified atom stereocenters. The van der Waals surface area contributed by atoms with Crippen molar-refractivity contribution in [3.8, 4) is 28.5 Å². The third-order valence-corrected chi connectivity index (χ3v) is 5.62. The Morgan fingerprint density at radius 1 is 1.10 bits per heavy atom. The molecule has 3 N–H and O–H groups in total. The third-order valence-electron chi connectivity index (χ3n) is 5.62. The van der Waals surface area contributed by atoms with Gasteiger partial charge in [0.15, 0.2) is 17.1 Å². The lowest BCUT2D eigenvalue weighted by molar-refractivity contribution is 0.0869. The van der Waals surface area contributed by atoms with Gasteiger partial charge in [-0.1, -0.05) is 0 Å². The topological polar surface area (TPSA) is 119 Å². The number of aromatic nitrogens is 3. The molecular formula is C22H26N4O5. The summed E-state index contributed by atoms with van der Waals surface area (Å²) in [6.07, 6.45) is 5.90. The minimum atomic E-state index is -0.270. The number of rotatable bonds is 6. The summed E-state index contributed by atoms with van der Waals surface area (Å²) in [6.45, 7) is 0. The van der Waals surface area contributed by atoms with Crippen molar-refractivity contribution in [2.24, 2.45) is 0 Å². The Bertz CT molecular complexity index is 1060. The van der Waals surface area contributed by atoms with E-state index in [4.69, 9.17) is 19.2 Å². The summed E-state index contributed by atoms with van der Waals surface area (Å²) in [5, 5.41) is 12.7. The zero-order valence-electron chi connectivity index (χ0n) is 17.8. The Morgan fingerprint density at radius 3 is 2.39 bits per heavy atom. The third kappa shape index (κ3) is 4.13. The molecule has 4 rings (SSSR count). The van der Waals surface area contributed by atoms with Crippen LogP contribution in [0.5, 0.6) is 17.2 Å². The summed E-state index contributed by atoms with van der Waals surface area (Å²) in [5.74, 6) is 1.29. The van der Waals surface area contributed by atoms with Crippen molar-refractivity contribution in [2.75, 3.05) is 21.3 Å². The lowest BCUT2D eigenvalue weighted by atomic mass is 9.93. The summed E-state index contributed by atoms with van der Waals surface area (Å²) in [7, 11) is 4.65. The number of amides is 1. The first-order valence-corrected chi connectivity index (χ1v) is 10.2. The molecule has 2 aromatic heterocycles. The smallest absolute Gasteiger partial charge is 0.255 e. The predicted octanol–water partition coefficient (Wildman–Crippen LogP) is 2.68. The van der Waals surface area contributed by atoms with Crippen LogP contribution in [0.15, 0.2) is 24.5 Å². The van der Waals surface area contributed by atoms with Gasteiger partial charge in [-0.3, -0.25) is 4.79 Å². The van der Waals surface area contributed by atoms with Crippen LogP contribution in [0.3, 0.4) is 0 Å².